The van der Waals surface area contributed by atoms with Gasteiger partial charge in [0.2, 0.25) is 5.91 Å². The highest BCUT2D eigenvalue weighted by Gasteiger charge is 2.28. The van der Waals surface area contributed by atoms with Crippen molar-refractivity contribution in [3.05, 3.63) is 63.3 Å². The van der Waals surface area contributed by atoms with E-state index >= 15 is 0 Å². The minimum atomic E-state index is -0.699. The first-order chi connectivity index (χ1) is 14.8. The average Bonchev–Trinajstić information content (AvgIpc) is 3.25. The molecule has 1 aliphatic carbocycles. The molecule has 2 amide bonds. The molecule has 1 saturated carbocycles. The predicted molar refractivity (Wildman–Crippen MR) is 121 cm³/mol. The zero-order valence-electron chi connectivity index (χ0n) is 17.2. The Morgan fingerprint density at radius 1 is 1.23 bits per heavy atom. The number of benzene rings is 2. The number of rotatable bonds is 8. The summed E-state index contributed by atoms with van der Waals surface area (Å²) in [6, 6.07) is 10.3. The Kier molecular flexibility index (Phi) is 8.32. The zero-order valence-corrected chi connectivity index (χ0v) is 19.6. The third-order valence-corrected chi connectivity index (χ3v) is 6.23. The molecule has 166 valence electrons. The van der Waals surface area contributed by atoms with Crippen LogP contribution < -0.4 is 10.1 Å². The van der Waals surface area contributed by atoms with E-state index in [9.17, 15) is 14.0 Å². The smallest absolute Gasteiger partial charge is 0.261 e. The Morgan fingerprint density at radius 3 is 2.55 bits per heavy atom. The molecule has 31 heavy (non-hydrogen) atoms. The number of halogens is 3. The summed E-state index contributed by atoms with van der Waals surface area (Å²) >= 11 is 9.31. The highest BCUT2D eigenvalue weighted by molar-refractivity contribution is 9.10. The summed E-state index contributed by atoms with van der Waals surface area (Å²) < 4.78 is 19.6. The van der Waals surface area contributed by atoms with Gasteiger partial charge >= 0.3 is 0 Å². The Morgan fingerprint density at radius 2 is 1.90 bits per heavy atom. The minimum absolute atomic E-state index is 0.152. The van der Waals surface area contributed by atoms with Gasteiger partial charge in [0.1, 0.15) is 17.6 Å². The summed E-state index contributed by atoms with van der Waals surface area (Å²) in [5, 5.41) is 3.58. The maximum atomic E-state index is 13.3. The van der Waals surface area contributed by atoms with Crippen molar-refractivity contribution in [1.29, 1.82) is 0 Å². The van der Waals surface area contributed by atoms with Crippen LogP contribution in [-0.4, -0.2) is 35.4 Å². The second kappa shape index (κ2) is 11.0. The van der Waals surface area contributed by atoms with Crippen LogP contribution in [0.1, 0.15) is 38.2 Å². The molecule has 3 rings (SSSR count). The number of amides is 2. The molecule has 1 aliphatic rings. The van der Waals surface area contributed by atoms with Crippen LogP contribution in [0, 0.1) is 5.82 Å². The SMILES string of the molecule is CC(C(=O)NC1CCCC1)N(Cc1ccc(F)cc1)C(=O)COc1ccc(Cl)cc1Br. The van der Waals surface area contributed by atoms with Gasteiger partial charge in [-0.1, -0.05) is 36.6 Å². The van der Waals surface area contributed by atoms with Gasteiger partial charge in [-0.2, -0.15) is 0 Å². The monoisotopic (exact) mass is 510 g/mol. The van der Waals surface area contributed by atoms with Crippen molar-refractivity contribution in [3.63, 3.8) is 0 Å². The number of hydrogen-bond acceptors (Lipinski definition) is 3. The lowest BCUT2D eigenvalue weighted by Crippen LogP contribution is -2.50. The summed E-state index contributed by atoms with van der Waals surface area (Å²) in [4.78, 5) is 27.3. The molecular formula is C23H25BrClFN2O3. The molecule has 1 N–H and O–H groups in total. The summed E-state index contributed by atoms with van der Waals surface area (Å²) in [6.07, 6.45) is 4.11. The second-order valence-electron chi connectivity index (χ2n) is 7.68. The van der Waals surface area contributed by atoms with Crippen molar-refractivity contribution < 1.29 is 18.7 Å². The van der Waals surface area contributed by atoms with Crippen molar-refractivity contribution in [2.45, 2.75) is 51.2 Å². The fourth-order valence-corrected chi connectivity index (χ4v) is 4.37. The van der Waals surface area contributed by atoms with E-state index in [0.29, 0.717) is 15.2 Å². The van der Waals surface area contributed by atoms with Gasteiger partial charge < -0.3 is 15.0 Å². The number of hydrogen-bond donors (Lipinski definition) is 1. The van der Waals surface area contributed by atoms with Crippen molar-refractivity contribution in [1.82, 2.24) is 10.2 Å². The normalized spacial score (nSPS) is 14.8. The lowest BCUT2D eigenvalue weighted by Gasteiger charge is -2.29. The third-order valence-electron chi connectivity index (χ3n) is 5.38. The number of nitrogens with one attached hydrogen (secondary N) is 1. The zero-order chi connectivity index (χ0) is 22.4. The number of nitrogens with zero attached hydrogens (tertiary/aromatic N) is 1. The van der Waals surface area contributed by atoms with Crippen molar-refractivity contribution in [2.75, 3.05) is 6.61 Å². The molecule has 1 atom stereocenters. The molecule has 2 aromatic rings. The maximum absolute atomic E-state index is 13.3. The van der Waals surface area contributed by atoms with Crippen LogP contribution in [0.3, 0.4) is 0 Å². The van der Waals surface area contributed by atoms with Crippen molar-refractivity contribution >= 4 is 39.3 Å². The molecule has 0 bridgehead atoms. The summed E-state index contributed by atoms with van der Waals surface area (Å²) in [5.74, 6) is -0.428. The second-order valence-corrected chi connectivity index (χ2v) is 8.97. The number of carbonyl (C=O) groups is 2. The molecular weight excluding hydrogens is 487 g/mol. The average molecular weight is 512 g/mol. The largest absolute Gasteiger partial charge is 0.483 e. The van der Waals surface area contributed by atoms with Crippen LogP contribution in [0.15, 0.2) is 46.9 Å². The molecule has 5 nitrogen and oxygen atoms in total. The lowest BCUT2D eigenvalue weighted by molar-refractivity contribution is -0.142. The summed E-state index contributed by atoms with van der Waals surface area (Å²) in [6.45, 7) is 1.62. The van der Waals surface area contributed by atoms with Gasteiger partial charge in [-0.25, -0.2) is 4.39 Å². The molecule has 8 heteroatoms. The van der Waals surface area contributed by atoms with E-state index in [1.165, 1.54) is 17.0 Å². The molecule has 1 fully saturated rings. The first-order valence-electron chi connectivity index (χ1n) is 10.3. The first kappa shape index (κ1) is 23.5. The minimum Gasteiger partial charge on any atom is -0.483 e. The molecule has 0 heterocycles. The molecule has 0 aliphatic heterocycles. The van der Waals surface area contributed by atoms with Gasteiger partial charge in [0.15, 0.2) is 6.61 Å². The van der Waals surface area contributed by atoms with Crippen molar-refractivity contribution in [2.24, 2.45) is 0 Å². The fourth-order valence-electron chi connectivity index (χ4n) is 3.58. The maximum Gasteiger partial charge on any atom is 0.261 e. The van der Waals surface area contributed by atoms with Crippen LogP contribution in [0.25, 0.3) is 0 Å². The molecule has 0 saturated heterocycles. The third kappa shape index (κ3) is 6.68. The lowest BCUT2D eigenvalue weighted by atomic mass is 10.1. The quantitative estimate of drug-likeness (QED) is 0.537. The van der Waals surface area contributed by atoms with E-state index in [0.717, 1.165) is 31.2 Å². The molecule has 0 aromatic heterocycles. The van der Waals surface area contributed by atoms with Crippen LogP contribution in [0.2, 0.25) is 5.02 Å². The highest BCUT2D eigenvalue weighted by atomic mass is 79.9. The van der Waals surface area contributed by atoms with E-state index in [-0.39, 0.29) is 36.8 Å². The van der Waals surface area contributed by atoms with Gasteiger partial charge in [0.05, 0.1) is 4.47 Å². The number of ether oxygens (including phenoxy) is 1. The molecule has 0 spiro atoms. The van der Waals surface area contributed by atoms with Crippen molar-refractivity contribution in [3.8, 4) is 5.75 Å². The van der Waals surface area contributed by atoms with E-state index in [4.69, 9.17) is 16.3 Å². The van der Waals surface area contributed by atoms with Crippen LogP contribution in [0.4, 0.5) is 4.39 Å². The van der Waals surface area contributed by atoms with Gasteiger partial charge in [-0.15, -0.1) is 0 Å². The fraction of sp³-hybridized carbons (Fsp3) is 0.391. The summed E-state index contributed by atoms with van der Waals surface area (Å²) in [5.41, 5.74) is 0.725. The van der Waals surface area contributed by atoms with E-state index in [1.807, 2.05) is 0 Å². The van der Waals surface area contributed by atoms with Crippen LogP contribution in [0.5, 0.6) is 5.75 Å². The van der Waals surface area contributed by atoms with E-state index in [2.05, 4.69) is 21.2 Å². The van der Waals surface area contributed by atoms with Gasteiger partial charge in [-0.3, -0.25) is 9.59 Å². The van der Waals surface area contributed by atoms with E-state index < -0.39 is 6.04 Å². The number of carbonyl (C=O) groups excluding carboxylic acids is 2. The van der Waals surface area contributed by atoms with Gasteiger partial charge in [0, 0.05) is 17.6 Å². The Bertz CT molecular complexity index is 920. The summed E-state index contributed by atoms with van der Waals surface area (Å²) in [7, 11) is 0. The molecule has 1 unspecified atom stereocenters. The molecule has 2 aromatic carbocycles. The standard InChI is InChI=1S/C23H25BrClFN2O3/c1-15(23(30)27-19-4-2-3-5-19)28(13-16-6-9-18(26)10-7-16)22(29)14-31-21-11-8-17(25)12-20(21)24/h6-12,15,19H,2-5,13-14H2,1H3,(H,27,30). The topological polar surface area (TPSA) is 58.6 Å². The Hall–Kier alpha value is -2.12. The van der Waals surface area contributed by atoms with Crippen LogP contribution in [-0.2, 0) is 16.1 Å². The highest BCUT2D eigenvalue weighted by Crippen LogP contribution is 2.28. The van der Waals surface area contributed by atoms with Gasteiger partial charge in [-0.05, 0) is 71.6 Å². The predicted octanol–water partition coefficient (Wildman–Crippen LogP) is 5.10. The van der Waals surface area contributed by atoms with Crippen LogP contribution >= 0.6 is 27.5 Å². The Balaban J connectivity index is 1.72. The molecule has 0 radical (unpaired) electrons. The van der Waals surface area contributed by atoms with Gasteiger partial charge in [0.25, 0.3) is 5.91 Å². The van der Waals surface area contributed by atoms with E-state index in [1.54, 1.807) is 37.3 Å². The Labute approximate surface area is 195 Å². The first-order valence-corrected chi connectivity index (χ1v) is 11.4.